The lowest BCUT2D eigenvalue weighted by Gasteiger charge is -2.41. The number of phenolic OH excluding ortho intramolecular Hbond substituents is 1. The number of benzene rings is 2. The van der Waals surface area contributed by atoms with Gasteiger partial charge in [-0.3, -0.25) is 4.79 Å². The van der Waals surface area contributed by atoms with Crippen LogP contribution in [-0.4, -0.2) is 28.6 Å². The Hall–Kier alpha value is -2.82. The predicted molar refractivity (Wildman–Crippen MR) is 119 cm³/mol. The van der Waals surface area contributed by atoms with E-state index >= 15 is 0 Å². The molecule has 2 aromatic carbocycles. The van der Waals surface area contributed by atoms with Gasteiger partial charge in [-0.25, -0.2) is 4.79 Å². The molecule has 1 fully saturated rings. The topological polar surface area (TPSA) is 72.8 Å². The van der Waals surface area contributed by atoms with Crippen LogP contribution >= 0.6 is 0 Å². The molecule has 5 heteroatoms. The molecule has 0 saturated carbocycles. The van der Waals surface area contributed by atoms with E-state index in [-0.39, 0.29) is 29.8 Å². The van der Waals surface area contributed by atoms with Gasteiger partial charge in [-0.15, -0.1) is 0 Å². The van der Waals surface area contributed by atoms with Crippen molar-refractivity contribution in [2.24, 2.45) is 5.92 Å². The molecule has 0 aliphatic carbocycles. The van der Waals surface area contributed by atoms with Gasteiger partial charge >= 0.3 is 5.97 Å². The molecule has 1 aliphatic rings. The van der Waals surface area contributed by atoms with Crippen molar-refractivity contribution in [2.75, 3.05) is 0 Å². The number of carbonyl (C=O) groups is 2. The minimum Gasteiger partial charge on any atom is -0.508 e. The number of carbonyl (C=O) groups excluding carboxylic acids is 2. The third kappa shape index (κ3) is 5.09. The molecule has 2 aromatic rings. The fraction of sp³-hybridized carbons (Fsp3) is 0.462. The maximum atomic E-state index is 13.1. The van der Waals surface area contributed by atoms with E-state index in [4.69, 9.17) is 9.47 Å². The van der Waals surface area contributed by atoms with Gasteiger partial charge in [0.2, 0.25) is 0 Å². The van der Waals surface area contributed by atoms with Gasteiger partial charge in [-0.2, -0.15) is 0 Å². The smallest absolute Gasteiger partial charge is 0.355 e. The zero-order chi connectivity index (χ0) is 22.8. The highest BCUT2D eigenvalue weighted by Crippen LogP contribution is 2.37. The van der Waals surface area contributed by atoms with Crippen molar-refractivity contribution in [2.45, 2.75) is 71.5 Å². The first kappa shape index (κ1) is 22.9. The monoisotopic (exact) mass is 424 g/mol. The van der Waals surface area contributed by atoms with Gasteiger partial charge in [-0.05, 0) is 66.5 Å². The van der Waals surface area contributed by atoms with Crippen molar-refractivity contribution in [3.63, 3.8) is 0 Å². The molecule has 0 amide bonds. The number of cyclic esters (lactones) is 1. The zero-order valence-electron chi connectivity index (χ0n) is 19.0. The van der Waals surface area contributed by atoms with E-state index in [1.54, 1.807) is 12.1 Å². The average Bonchev–Trinajstić information content (AvgIpc) is 2.70. The second-order valence-electron chi connectivity index (χ2n) is 9.14. The summed E-state index contributed by atoms with van der Waals surface area (Å²) in [7, 11) is 0. The number of Topliss-reactive ketones (excluding diaryl/α,β-unsaturated/α-hetero) is 1. The summed E-state index contributed by atoms with van der Waals surface area (Å²) >= 11 is 0. The van der Waals surface area contributed by atoms with Crippen LogP contribution in [0.4, 0.5) is 0 Å². The Morgan fingerprint density at radius 2 is 1.77 bits per heavy atom. The SMILES string of the molecule is Cc1ccc(C(C)C)c(OC2C(=O)CC(CCc3ccc(O)cc3)(C(C)C)OC2=O)c1. The summed E-state index contributed by atoms with van der Waals surface area (Å²) < 4.78 is 11.9. The molecule has 5 nitrogen and oxygen atoms in total. The Kier molecular flexibility index (Phi) is 6.73. The van der Waals surface area contributed by atoms with Crippen LogP contribution in [-0.2, 0) is 20.7 Å². The highest BCUT2D eigenvalue weighted by atomic mass is 16.6. The summed E-state index contributed by atoms with van der Waals surface area (Å²) in [5.74, 6) is 0.0812. The third-order valence-electron chi connectivity index (χ3n) is 6.15. The van der Waals surface area contributed by atoms with Crippen molar-refractivity contribution >= 4 is 11.8 Å². The normalized spacial score (nSPS) is 21.5. The lowest BCUT2D eigenvalue weighted by Crippen LogP contribution is -2.55. The Morgan fingerprint density at radius 1 is 1.10 bits per heavy atom. The standard InChI is InChI=1S/C26H32O5/c1-16(2)21-11-6-18(5)14-23(21)30-24-22(28)15-26(17(3)4,31-25(24)29)13-12-19-7-9-20(27)10-8-19/h6-11,14,16-17,24,27H,12-13,15H2,1-5H3. The van der Waals surface area contributed by atoms with E-state index < -0.39 is 17.7 Å². The summed E-state index contributed by atoms with van der Waals surface area (Å²) in [6.45, 7) is 9.98. The van der Waals surface area contributed by atoms with Gasteiger partial charge < -0.3 is 14.6 Å². The number of hydrogen-bond donors (Lipinski definition) is 1. The van der Waals surface area contributed by atoms with E-state index in [0.29, 0.717) is 18.6 Å². The van der Waals surface area contributed by atoms with Crippen LogP contribution in [0.3, 0.4) is 0 Å². The Labute approximate surface area is 184 Å². The molecule has 1 saturated heterocycles. The summed E-state index contributed by atoms with van der Waals surface area (Å²) in [6, 6.07) is 12.8. The molecule has 1 N–H and O–H groups in total. The quantitative estimate of drug-likeness (QED) is 0.494. The first-order chi connectivity index (χ1) is 14.6. The Morgan fingerprint density at radius 3 is 2.35 bits per heavy atom. The van der Waals surface area contributed by atoms with Gasteiger partial charge in [0.15, 0.2) is 5.78 Å². The molecule has 3 rings (SSSR count). The predicted octanol–water partition coefficient (Wildman–Crippen LogP) is 5.12. The minimum atomic E-state index is -1.24. The summed E-state index contributed by atoms with van der Waals surface area (Å²) in [5, 5.41) is 9.48. The highest BCUT2D eigenvalue weighted by Gasteiger charge is 2.49. The Balaban J connectivity index is 1.78. The molecule has 31 heavy (non-hydrogen) atoms. The molecular formula is C26H32O5. The molecule has 0 radical (unpaired) electrons. The molecule has 1 heterocycles. The molecular weight excluding hydrogens is 392 g/mol. The number of aryl methyl sites for hydroxylation is 2. The lowest BCUT2D eigenvalue weighted by molar-refractivity contribution is -0.188. The first-order valence-electron chi connectivity index (χ1n) is 10.9. The lowest BCUT2D eigenvalue weighted by atomic mass is 9.78. The number of phenols is 1. The highest BCUT2D eigenvalue weighted by molar-refractivity contribution is 6.04. The fourth-order valence-electron chi connectivity index (χ4n) is 4.04. The number of hydrogen-bond acceptors (Lipinski definition) is 5. The van der Waals surface area contributed by atoms with Gasteiger partial charge in [0.05, 0.1) is 6.42 Å². The number of ketones is 1. The second kappa shape index (κ2) is 9.13. The number of aromatic hydroxyl groups is 1. The van der Waals surface area contributed by atoms with Crippen molar-refractivity contribution in [3.8, 4) is 11.5 Å². The van der Waals surface area contributed by atoms with Crippen LogP contribution in [0.25, 0.3) is 0 Å². The van der Waals surface area contributed by atoms with Crippen LogP contribution in [0.15, 0.2) is 42.5 Å². The summed E-state index contributed by atoms with van der Waals surface area (Å²) in [4.78, 5) is 26.0. The minimum absolute atomic E-state index is 0.0244. The molecule has 0 bridgehead atoms. The van der Waals surface area contributed by atoms with Crippen molar-refractivity contribution in [1.82, 2.24) is 0 Å². The number of esters is 1. The van der Waals surface area contributed by atoms with Gasteiger partial charge in [0, 0.05) is 0 Å². The maximum Gasteiger partial charge on any atom is 0.355 e. The zero-order valence-corrected chi connectivity index (χ0v) is 19.0. The first-order valence-corrected chi connectivity index (χ1v) is 10.9. The van der Waals surface area contributed by atoms with E-state index in [9.17, 15) is 14.7 Å². The third-order valence-corrected chi connectivity index (χ3v) is 6.15. The van der Waals surface area contributed by atoms with Crippen LogP contribution in [0.5, 0.6) is 11.5 Å². The number of rotatable bonds is 7. The van der Waals surface area contributed by atoms with E-state index in [1.807, 2.05) is 65.0 Å². The van der Waals surface area contributed by atoms with Crippen molar-refractivity contribution in [1.29, 1.82) is 0 Å². The molecule has 2 atom stereocenters. The van der Waals surface area contributed by atoms with E-state index in [1.165, 1.54) is 0 Å². The van der Waals surface area contributed by atoms with Crippen molar-refractivity contribution < 1.29 is 24.2 Å². The van der Waals surface area contributed by atoms with Crippen LogP contribution in [0, 0.1) is 12.8 Å². The molecule has 0 aromatic heterocycles. The summed E-state index contributed by atoms with van der Waals surface area (Å²) in [6.07, 6.45) is 0.0586. The van der Waals surface area contributed by atoms with Crippen LogP contribution in [0.1, 0.15) is 63.1 Å². The fourth-order valence-corrected chi connectivity index (χ4v) is 4.04. The van der Waals surface area contributed by atoms with Gasteiger partial charge in [0.25, 0.3) is 6.10 Å². The molecule has 1 aliphatic heterocycles. The van der Waals surface area contributed by atoms with Crippen LogP contribution in [0.2, 0.25) is 0 Å². The molecule has 0 spiro atoms. The van der Waals surface area contributed by atoms with Gasteiger partial charge in [0.1, 0.15) is 17.1 Å². The van der Waals surface area contributed by atoms with E-state index in [0.717, 1.165) is 16.7 Å². The van der Waals surface area contributed by atoms with Gasteiger partial charge in [-0.1, -0.05) is 52.0 Å². The van der Waals surface area contributed by atoms with Crippen molar-refractivity contribution in [3.05, 3.63) is 59.2 Å². The number of ether oxygens (including phenoxy) is 2. The Bertz CT molecular complexity index is 925. The van der Waals surface area contributed by atoms with E-state index in [2.05, 4.69) is 0 Å². The summed E-state index contributed by atoms with van der Waals surface area (Å²) in [5.41, 5.74) is 2.11. The second-order valence-corrected chi connectivity index (χ2v) is 9.14. The maximum absolute atomic E-state index is 13.1. The average molecular weight is 425 g/mol. The molecule has 166 valence electrons. The molecule has 2 unspecified atom stereocenters. The van der Waals surface area contributed by atoms with Crippen LogP contribution < -0.4 is 4.74 Å². The largest absolute Gasteiger partial charge is 0.508 e.